The normalized spacial score (nSPS) is 13.7. The van der Waals surface area contributed by atoms with Gasteiger partial charge in [0.25, 0.3) is 0 Å². The van der Waals surface area contributed by atoms with Gasteiger partial charge in [-0.05, 0) is 42.8 Å². The zero-order valence-electron chi connectivity index (χ0n) is 15.1. The quantitative estimate of drug-likeness (QED) is 0.848. The lowest BCUT2D eigenvalue weighted by Gasteiger charge is -2.25. The summed E-state index contributed by atoms with van der Waals surface area (Å²) in [6, 6.07) is 8.87. The smallest absolute Gasteiger partial charge is 0.323 e. The Morgan fingerprint density at radius 3 is 2.58 bits per heavy atom. The third-order valence-electron chi connectivity index (χ3n) is 4.39. The Bertz CT molecular complexity index is 826. The van der Waals surface area contributed by atoms with E-state index in [9.17, 15) is 4.79 Å². The highest BCUT2D eigenvalue weighted by molar-refractivity contribution is 6.32. The first-order chi connectivity index (χ1) is 12.5. The number of methoxy groups -OCH3 is 2. The number of likely N-dealkylation sites (N-methyl/N-ethyl adjacent to an activating group) is 1. The molecule has 0 radical (unpaired) electrons. The van der Waals surface area contributed by atoms with E-state index < -0.39 is 0 Å². The van der Waals surface area contributed by atoms with Gasteiger partial charge < -0.3 is 25.0 Å². The Balaban J connectivity index is 1.73. The van der Waals surface area contributed by atoms with Crippen LogP contribution in [0.2, 0.25) is 5.02 Å². The Labute approximate surface area is 158 Å². The molecule has 0 saturated carbocycles. The summed E-state index contributed by atoms with van der Waals surface area (Å²) < 4.78 is 10.5. The van der Waals surface area contributed by atoms with Gasteiger partial charge >= 0.3 is 6.03 Å². The number of halogens is 1. The molecular weight excluding hydrogens is 354 g/mol. The van der Waals surface area contributed by atoms with Crippen molar-refractivity contribution in [2.75, 3.05) is 38.4 Å². The maximum Gasteiger partial charge on any atom is 0.323 e. The van der Waals surface area contributed by atoms with Crippen molar-refractivity contribution in [2.24, 2.45) is 0 Å². The van der Waals surface area contributed by atoms with Crippen molar-refractivity contribution in [1.29, 1.82) is 0 Å². The van der Waals surface area contributed by atoms with Gasteiger partial charge in [-0.25, -0.2) is 4.79 Å². The minimum absolute atomic E-state index is 0.367. The number of fused-ring (bicyclic) bond motifs is 1. The van der Waals surface area contributed by atoms with Crippen LogP contribution in [0.25, 0.3) is 0 Å². The fraction of sp³-hybridized carbons (Fsp3) is 0.316. The number of carbonyl (C=O) groups excluding carboxylic acids is 1. The summed E-state index contributed by atoms with van der Waals surface area (Å²) in [7, 11) is 5.13. The zero-order valence-corrected chi connectivity index (χ0v) is 15.8. The second-order valence-electron chi connectivity index (χ2n) is 6.24. The molecule has 0 aliphatic carbocycles. The Kier molecular flexibility index (Phi) is 5.54. The van der Waals surface area contributed by atoms with Gasteiger partial charge in [-0.2, -0.15) is 0 Å². The number of hydrogen-bond donors (Lipinski definition) is 2. The van der Waals surface area contributed by atoms with Gasteiger partial charge in [0, 0.05) is 24.8 Å². The molecule has 0 spiro atoms. The van der Waals surface area contributed by atoms with Gasteiger partial charge in [-0.3, -0.25) is 0 Å². The summed E-state index contributed by atoms with van der Waals surface area (Å²) in [5.41, 5.74) is 3.78. The van der Waals surface area contributed by atoms with E-state index in [1.807, 2.05) is 12.1 Å². The van der Waals surface area contributed by atoms with Gasteiger partial charge in [0.1, 0.15) is 11.5 Å². The summed E-state index contributed by atoms with van der Waals surface area (Å²) in [4.78, 5) is 14.6. The highest BCUT2D eigenvalue weighted by Gasteiger charge is 2.15. The Morgan fingerprint density at radius 1 is 1.08 bits per heavy atom. The summed E-state index contributed by atoms with van der Waals surface area (Å²) in [5.74, 6) is 0.946. The number of hydrogen-bond acceptors (Lipinski definition) is 4. The molecule has 2 aromatic rings. The monoisotopic (exact) mass is 375 g/mol. The van der Waals surface area contributed by atoms with Crippen molar-refractivity contribution in [3.05, 3.63) is 46.5 Å². The van der Waals surface area contributed by atoms with Crippen molar-refractivity contribution in [3.8, 4) is 11.5 Å². The number of nitrogens with zero attached hydrogens (tertiary/aromatic N) is 1. The van der Waals surface area contributed by atoms with E-state index in [1.54, 1.807) is 12.1 Å². The van der Waals surface area contributed by atoms with Crippen LogP contribution in [0.3, 0.4) is 0 Å². The predicted octanol–water partition coefficient (Wildman–Crippen LogP) is 3.99. The maximum absolute atomic E-state index is 12.4. The molecule has 2 aromatic carbocycles. The second-order valence-corrected chi connectivity index (χ2v) is 6.64. The molecule has 2 N–H and O–H groups in total. The largest absolute Gasteiger partial charge is 0.495 e. The zero-order chi connectivity index (χ0) is 18.7. The van der Waals surface area contributed by atoms with E-state index in [-0.39, 0.29) is 6.03 Å². The highest BCUT2D eigenvalue weighted by Crippen LogP contribution is 2.36. The van der Waals surface area contributed by atoms with Crippen LogP contribution in [0, 0.1) is 0 Å². The number of amides is 2. The molecule has 26 heavy (non-hydrogen) atoms. The third kappa shape index (κ3) is 4.03. The molecule has 2 amide bonds. The number of anilines is 2. The fourth-order valence-corrected chi connectivity index (χ4v) is 3.26. The minimum Gasteiger partial charge on any atom is -0.495 e. The topological polar surface area (TPSA) is 62.8 Å². The number of urea groups is 1. The number of nitrogens with one attached hydrogen (secondary N) is 2. The maximum atomic E-state index is 12.4. The van der Waals surface area contributed by atoms with Gasteiger partial charge in [-0.15, -0.1) is 0 Å². The lowest BCUT2D eigenvalue weighted by Crippen LogP contribution is -2.27. The van der Waals surface area contributed by atoms with E-state index in [0.717, 1.165) is 25.2 Å². The van der Waals surface area contributed by atoms with Gasteiger partial charge in [0.05, 0.1) is 24.9 Å². The number of rotatable bonds is 4. The van der Waals surface area contributed by atoms with Crippen molar-refractivity contribution < 1.29 is 14.3 Å². The Morgan fingerprint density at radius 2 is 1.85 bits per heavy atom. The van der Waals surface area contributed by atoms with Crippen LogP contribution >= 0.6 is 11.6 Å². The molecule has 1 aliphatic heterocycles. The van der Waals surface area contributed by atoms with Crippen molar-refractivity contribution in [2.45, 2.75) is 13.0 Å². The third-order valence-corrected chi connectivity index (χ3v) is 4.68. The lowest BCUT2D eigenvalue weighted by atomic mass is 9.99. The second kappa shape index (κ2) is 7.85. The van der Waals surface area contributed by atoms with Crippen LogP contribution in [0.5, 0.6) is 11.5 Å². The van der Waals surface area contributed by atoms with Crippen LogP contribution in [0.1, 0.15) is 11.1 Å². The highest BCUT2D eigenvalue weighted by atomic mass is 35.5. The number of carbonyl (C=O) groups is 1. The lowest BCUT2D eigenvalue weighted by molar-refractivity contribution is 0.262. The molecule has 0 saturated heterocycles. The minimum atomic E-state index is -0.367. The summed E-state index contributed by atoms with van der Waals surface area (Å²) >= 11 is 6.14. The molecule has 6 nitrogen and oxygen atoms in total. The van der Waals surface area contributed by atoms with Gasteiger partial charge in [-0.1, -0.05) is 17.7 Å². The molecule has 0 aromatic heterocycles. The predicted molar refractivity (Wildman–Crippen MR) is 104 cm³/mol. The molecular formula is C19H22ClN3O3. The first kappa shape index (κ1) is 18.4. The van der Waals surface area contributed by atoms with Crippen LogP contribution in [-0.2, 0) is 13.0 Å². The first-order valence-corrected chi connectivity index (χ1v) is 8.68. The molecule has 7 heteroatoms. The van der Waals surface area contributed by atoms with E-state index in [2.05, 4.69) is 28.6 Å². The van der Waals surface area contributed by atoms with E-state index >= 15 is 0 Å². The van der Waals surface area contributed by atoms with Crippen molar-refractivity contribution in [1.82, 2.24) is 4.90 Å². The summed E-state index contributed by atoms with van der Waals surface area (Å²) in [5, 5.41) is 6.01. The molecule has 0 bridgehead atoms. The van der Waals surface area contributed by atoms with E-state index in [4.69, 9.17) is 21.1 Å². The molecule has 138 valence electrons. The van der Waals surface area contributed by atoms with Gasteiger partial charge in [0.2, 0.25) is 0 Å². The number of ether oxygens (including phenoxy) is 2. The molecule has 0 atom stereocenters. The molecule has 1 aliphatic rings. The standard InChI is InChI=1S/C19H22ClN3O3/c1-23-7-6-12-4-5-14(8-13(12)11-23)21-19(24)22-16-9-15(20)17(25-2)10-18(16)26-3/h4-5,8-10H,6-7,11H2,1-3H3,(H2,21,22,24). The SMILES string of the molecule is COc1cc(OC)c(NC(=O)Nc2ccc3c(c2)CN(C)CC3)cc1Cl. The van der Waals surface area contributed by atoms with Crippen molar-refractivity contribution >= 4 is 29.0 Å². The summed E-state index contributed by atoms with van der Waals surface area (Å²) in [6.07, 6.45) is 1.03. The fourth-order valence-electron chi connectivity index (χ4n) is 3.02. The van der Waals surface area contributed by atoms with Crippen LogP contribution < -0.4 is 20.1 Å². The van der Waals surface area contributed by atoms with Crippen molar-refractivity contribution in [3.63, 3.8) is 0 Å². The molecule has 3 rings (SSSR count). The summed E-state index contributed by atoms with van der Waals surface area (Å²) in [6.45, 7) is 1.94. The van der Waals surface area contributed by atoms with E-state index in [0.29, 0.717) is 22.2 Å². The average molecular weight is 376 g/mol. The molecule has 1 heterocycles. The van der Waals surface area contributed by atoms with Crippen LogP contribution in [0.15, 0.2) is 30.3 Å². The Hall–Kier alpha value is -2.44. The average Bonchev–Trinajstić information content (AvgIpc) is 2.61. The van der Waals surface area contributed by atoms with Gasteiger partial charge in [0.15, 0.2) is 0 Å². The van der Waals surface area contributed by atoms with Crippen LogP contribution in [-0.4, -0.2) is 38.7 Å². The molecule has 0 fully saturated rings. The van der Waals surface area contributed by atoms with Crippen LogP contribution in [0.4, 0.5) is 16.2 Å². The van der Waals surface area contributed by atoms with E-state index in [1.165, 1.54) is 25.3 Å². The first-order valence-electron chi connectivity index (χ1n) is 8.30. The number of benzene rings is 2. The molecule has 0 unspecified atom stereocenters.